The summed E-state index contributed by atoms with van der Waals surface area (Å²) in [7, 11) is 1.67. The van der Waals surface area contributed by atoms with Crippen LogP contribution in [0.5, 0.6) is 0 Å². The first kappa shape index (κ1) is 8.64. The van der Waals surface area contributed by atoms with Crippen molar-refractivity contribution in [2.45, 2.75) is 13.0 Å². The number of hydrogen-bond acceptors (Lipinski definition) is 4. The maximum Gasteiger partial charge on any atom is 0.0951 e. The van der Waals surface area contributed by atoms with Crippen molar-refractivity contribution in [1.82, 2.24) is 4.98 Å². The minimum atomic E-state index is 0.0879. The number of aliphatic hydroxyl groups excluding tert-OH is 1. The van der Waals surface area contributed by atoms with Gasteiger partial charge in [-0.25, -0.2) is 4.98 Å². The molecule has 1 rings (SSSR count). The lowest BCUT2D eigenvalue weighted by Gasteiger charge is -1.92. The summed E-state index contributed by atoms with van der Waals surface area (Å²) in [5.74, 6) is 0. The average molecular weight is 173 g/mol. The molecule has 0 unspecified atom stereocenters. The second-order valence-electron chi connectivity index (χ2n) is 2.12. The third-order valence-corrected chi connectivity index (χ3v) is 2.32. The Bertz CT molecular complexity index is 212. The first-order valence-corrected chi connectivity index (χ1v) is 4.22. The standard InChI is InChI=1S/C7H11NO2S/c1-10-3-2-7-8-4-6(5-9)11-7/h4,9H,2-3,5H2,1H3. The zero-order chi connectivity index (χ0) is 8.10. The molecule has 1 aromatic heterocycles. The molecule has 0 saturated heterocycles. The summed E-state index contributed by atoms with van der Waals surface area (Å²) in [5.41, 5.74) is 0. The Morgan fingerprint density at radius 1 is 1.73 bits per heavy atom. The summed E-state index contributed by atoms with van der Waals surface area (Å²) in [6, 6.07) is 0. The Balaban J connectivity index is 2.44. The Labute approximate surface area is 69.7 Å². The maximum atomic E-state index is 8.72. The van der Waals surface area contributed by atoms with Crippen LogP contribution in [0.4, 0.5) is 0 Å². The van der Waals surface area contributed by atoms with Crippen LogP contribution in [0.2, 0.25) is 0 Å². The minimum Gasteiger partial charge on any atom is -0.391 e. The third kappa shape index (κ3) is 2.57. The van der Waals surface area contributed by atoms with Gasteiger partial charge < -0.3 is 9.84 Å². The number of rotatable bonds is 4. The van der Waals surface area contributed by atoms with Gasteiger partial charge in [0, 0.05) is 19.7 Å². The van der Waals surface area contributed by atoms with E-state index < -0.39 is 0 Å². The van der Waals surface area contributed by atoms with E-state index in [1.807, 2.05) is 0 Å². The van der Waals surface area contributed by atoms with Crippen molar-refractivity contribution in [3.63, 3.8) is 0 Å². The molecule has 3 nitrogen and oxygen atoms in total. The largest absolute Gasteiger partial charge is 0.391 e. The summed E-state index contributed by atoms with van der Waals surface area (Å²) >= 11 is 1.53. The maximum absolute atomic E-state index is 8.72. The van der Waals surface area contributed by atoms with Gasteiger partial charge in [0.25, 0.3) is 0 Å². The van der Waals surface area contributed by atoms with Gasteiger partial charge in [-0.15, -0.1) is 11.3 Å². The van der Waals surface area contributed by atoms with E-state index in [1.54, 1.807) is 13.3 Å². The van der Waals surface area contributed by atoms with Gasteiger partial charge in [-0.2, -0.15) is 0 Å². The molecular weight excluding hydrogens is 162 g/mol. The third-order valence-electron chi connectivity index (χ3n) is 1.28. The molecule has 0 aliphatic heterocycles. The molecule has 1 N–H and O–H groups in total. The smallest absolute Gasteiger partial charge is 0.0951 e. The fraction of sp³-hybridized carbons (Fsp3) is 0.571. The summed E-state index contributed by atoms with van der Waals surface area (Å²) in [4.78, 5) is 5.02. The van der Waals surface area contributed by atoms with Gasteiger partial charge in [0.1, 0.15) is 0 Å². The second-order valence-corrected chi connectivity index (χ2v) is 3.32. The van der Waals surface area contributed by atoms with Crippen molar-refractivity contribution in [3.8, 4) is 0 Å². The van der Waals surface area contributed by atoms with E-state index in [0.717, 1.165) is 16.3 Å². The minimum absolute atomic E-state index is 0.0879. The molecule has 0 aliphatic carbocycles. The molecule has 0 atom stereocenters. The second kappa shape index (κ2) is 4.43. The van der Waals surface area contributed by atoms with Gasteiger partial charge in [-0.05, 0) is 0 Å². The Hall–Kier alpha value is -0.450. The molecule has 1 aromatic rings. The monoisotopic (exact) mass is 173 g/mol. The number of hydrogen-bond donors (Lipinski definition) is 1. The molecule has 0 radical (unpaired) electrons. The molecule has 0 bridgehead atoms. The lowest BCUT2D eigenvalue weighted by atomic mass is 10.5. The number of ether oxygens (including phenoxy) is 1. The molecule has 1 heterocycles. The fourth-order valence-electron chi connectivity index (χ4n) is 0.726. The van der Waals surface area contributed by atoms with Crippen LogP contribution in [0.3, 0.4) is 0 Å². The summed E-state index contributed by atoms with van der Waals surface area (Å²) in [6.45, 7) is 0.781. The molecule has 0 amide bonds. The quantitative estimate of drug-likeness (QED) is 0.733. The van der Waals surface area contributed by atoms with E-state index in [4.69, 9.17) is 9.84 Å². The van der Waals surface area contributed by atoms with Crippen LogP contribution in [0, 0.1) is 0 Å². The van der Waals surface area contributed by atoms with Crippen LogP contribution in [-0.4, -0.2) is 23.8 Å². The first-order chi connectivity index (χ1) is 5.36. The van der Waals surface area contributed by atoms with Crippen LogP contribution in [-0.2, 0) is 17.8 Å². The van der Waals surface area contributed by atoms with Crippen molar-refractivity contribution in [2.75, 3.05) is 13.7 Å². The predicted octanol–water partition coefficient (Wildman–Crippen LogP) is 0.824. The molecule has 0 aliphatic rings. The van der Waals surface area contributed by atoms with E-state index in [-0.39, 0.29) is 6.61 Å². The van der Waals surface area contributed by atoms with E-state index >= 15 is 0 Å². The molecular formula is C7H11NO2S. The molecule has 0 spiro atoms. The lowest BCUT2D eigenvalue weighted by Crippen LogP contribution is -1.92. The molecule has 0 fully saturated rings. The van der Waals surface area contributed by atoms with Crippen LogP contribution < -0.4 is 0 Å². The van der Waals surface area contributed by atoms with Gasteiger partial charge in [0.05, 0.1) is 23.1 Å². The Morgan fingerprint density at radius 3 is 3.09 bits per heavy atom. The van der Waals surface area contributed by atoms with E-state index in [0.29, 0.717) is 6.61 Å². The summed E-state index contributed by atoms with van der Waals surface area (Å²) < 4.78 is 4.89. The molecule has 0 saturated carbocycles. The number of thiazole rings is 1. The highest BCUT2D eigenvalue weighted by atomic mass is 32.1. The Morgan fingerprint density at radius 2 is 2.55 bits per heavy atom. The Kier molecular flexibility index (Phi) is 3.48. The topological polar surface area (TPSA) is 42.4 Å². The van der Waals surface area contributed by atoms with Crippen molar-refractivity contribution in [3.05, 3.63) is 16.1 Å². The van der Waals surface area contributed by atoms with Crippen molar-refractivity contribution >= 4 is 11.3 Å². The number of aliphatic hydroxyl groups is 1. The highest BCUT2D eigenvalue weighted by molar-refractivity contribution is 7.11. The highest BCUT2D eigenvalue weighted by Gasteiger charge is 1.99. The van der Waals surface area contributed by atoms with Crippen molar-refractivity contribution in [2.24, 2.45) is 0 Å². The van der Waals surface area contributed by atoms with E-state index in [9.17, 15) is 0 Å². The number of nitrogens with zero attached hydrogens (tertiary/aromatic N) is 1. The van der Waals surface area contributed by atoms with Crippen LogP contribution in [0.15, 0.2) is 6.20 Å². The fourth-order valence-corrected chi connectivity index (χ4v) is 1.49. The van der Waals surface area contributed by atoms with Gasteiger partial charge in [0.2, 0.25) is 0 Å². The zero-order valence-electron chi connectivity index (χ0n) is 6.41. The predicted molar refractivity (Wildman–Crippen MR) is 43.6 cm³/mol. The number of aromatic nitrogens is 1. The first-order valence-electron chi connectivity index (χ1n) is 3.40. The van der Waals surface area contributed by atoms with Crippen LogP contribution in [0.1, 0.15) is 9.88 Å². The van der Waals surface area contributed by atoms with Crippen molar-refractivity contribution < 1.29 is 9.84 Å². The normalized spacial score (nSPS) is 10.4. The van der Waals surface area contributed by atoms with Crippen LogP contribution >= 0.6 is 11.3 Å². The molecule has 0 aromatic carbocycles. The molecule has 62 valence electrons. The SMILES string of the molecule is COCCc1ncc(CO)s1. The number of methoxy groups -OCH3 is 1. The van der Waals surface area contributed by atoms with E-state index in [2.05, 4.69) is 4.98 Å². The van der Waals surface area contributed by atoms with Crippen molar-refractivity contribution in [1.29, 1.82) is 0 Å². The van der Waals surface area contributed by atoms with Gasteiger partial charge in [0.15, 0.2) is 0 Å². The zero-order valence-corrected chi connectivity index (χ0v) is 7.23. The average Bonchev–Trinajstić information content (AvgIpc) is 2.48. The van der Waals surface area contributed by atoms with Gasteiger partial charge in [-0.1, -0.05) is 0 Å². The molecule has 11 heavy (non-hydrogen) atoms. The molecule has 4 heteroatoms. The van der Waals surface area contributed by atoms with Gasteiger partial charge >= 0.3 is 0 Å². The summed E-state index contributed by atoms with van der Waals surface area (Å²) in [6.07, 6.45) is 2.54. The lowest BCUT2D eigenvalue weighted by molar-refractivity contribution is 0.202. The van der Waals surface area contributed by atoms with Crippen LogP contribution in [0.25, 0.3) is 0 Å². The summed E-state index contributed by atoms with van der Waals surface area (Å²) in [5, 5.41) is 9.74. The van der Waals surface area contributed by atoms with E-state index in [1.165, 1.54) is 11.3 Å². The highest BCUT2D eigenvalue weighted by Crippen LogP contribution is 2.12. The van der Waals surface area contributed by atoms with Gasteiger partial charge in [-0.3, -0.25) is 0 Å².